The third-order valence-electron chi connectivity index (χ3n) is 1.58. The third-order valence-corrected chi connectivity index (χ3v) is 1.58. The molecule has 2 rings (SSSR count). The average Bonchev–Trinajstić information content (AvgIpc) is 2.49. The Kier molecular flexibility index (Phi) is 1.33. The first-order valence-corrected chi connectivity index (χ1v) is 3.34. The molecule has 1 aromatic carbocycles. The molecule has 2 aromatic rings. The van der Waals surface area contributed by atoms with Crippen molar-refractivity contribution in [2.24, 2.45) is 0 Å². The van der Waals surface area contributed by atoms with Crippen LogP contribution in [0.4, 0.5) is 0 Å². The minimum Gasteiger partial charge on any atom is -0.478 e. The van der Waals surface area contributed by atoms with Crippen LogP contribution in [0.5, 0.6) is 0 Å². The molecule has 4 heteroatoms. The number of carboxylic acids is 1. The third kappa shape index (κ3) is 0.934. The van der Waals surface area contributed by atoms with E-state index >= 15 is 0 Å². The summed E-state index contributed by atoms with van der Waals surface area (Å²) in [6.45, 7) is 0. The van der Waals surface area contributed by atoms with Crippen molar-refractivity contribution in [3.63, 3.8) is 0 Å². The lowest BCUT2D eigenvalue weighted by atomic mass is 10.2. The Bertz CT molecular complexity index is 433. The van der Waals surface area contributed by atoms with Crippen LogP contribution in [0.1, 0.15) is 10.4 Å². The highest BCUT2D eigenvalue weighted by molar-refractivity contribution is 5.91. The topological polar surface area (TPSA) is 63.3 Å². The second-order valence-corrected chi connectivity index (χ2v) is 2.34. The number of aromatic carboxylic acids is 1. The predicted octanol–water partition coefficient (Wildman–Crippen LogP) is 1.53. The highest BCUT2D eigenvalue weighted by Crippen LogP contribution is 2.13. The summed E-state index contributed by atoms with van der Waals surface area (Å²) in [4.78, 5) is 14.4. The number of fused-ring (bicyclic) bond motifs is 1. The highest BCUT2D eigenvalue weighted by Gasteiger charge is 2.04. The van der Waals surface area contributed by atoms with Crippen LogP contribution in [0.3, 0.4) is 0 Å². The van der Waals surface area contributed by atoms with E-state index in [1.54, 1.807) is 6.07 Å². The van der Waals surface area contributed by atoms with E-state index in [0.29, 0.717) is 11.1 Å². The van der Waals surface area contributed by atoms with Gasteiger partial charge in [-0.3, -0.25) is 0 Å². The van der Waals surface area contributed by atoms with Gasteiger partial charge in [0.2, 0.25) is 0 Å². The van der Waals surface area contributed by atoms with Gasteiger partial charge in [-0.15, -0.1) is 0 Å². The van der Waals surface area contributed by atoms with Gasteiger partial charge in [0.05, 0.1) is 5.56 Å². The van der Waals surface area contributed by atoms with Crippen LogP contribution in [0.25, 0.3) is 11.1 Å². The van der Waals surface area contributed by atoms with Crippen molar-refractivity contribution in [3.05, 3.63) is 30.2 Å². The van der Waals surface area contributed by atoms with E-state index in [-0.39, 0.29) is 5.56 Å². The summed E-state index contributed by atoms with van der Waals surface area (Å²) in [5.74, 6) is -0.965. The number of oxazole rings is 1. The fourth-order valence-electron chi connectivity index (χ4n) is 0.988. The SMILES string of the molecule is O=C(O)c1ccc2ncoc2c1. The summed E-state index contributed by atoms with van der Waals surface area (Å²) in [5, 5.41) is 8.62. The molecule has 0 fully saturated rings. The van der Waals surface area contributed by atoms with E-state index < -0.39 is 5.97 Å². The monoisotopic (exact) mass is 163 g/mol. The van der Waals surface area contributed by atoms with Gasteiger partial charge in [-0.25, -0.2) is 9.78 Å². The van der Waals surface area contributed by atoms with Gasteiger partial charge in [0.1, 0.15) is 5.52 Å². The maximum atomic E-state index is 10.5. The van der Waals surface area contributed by atoms with Crippen LogP contribution in [0.15, 0.2) is 29.0 Å². The summed E-state index contributed by atoms with van der Waals surface area (Å²) in [5.41, 5.74) is 1.37. The van der Waals surface area contributed by atoms with Gasteiger partial charge < -0.3 is 9.52 Å². The van der Waals surface area contributed by atoms with Crippen LogP contribution in [0, 0.1) is 0 Å². The molecule has 0 amide bonds. The van der Waals surface area contributed by atoms with Gasteiger partial charge in [-0.2, -0.15) is 0 Å². The number of hydrogen-bond donors (Lipinski definition) is 1. The Hall–Kier alpha value is -1.84. The van der Waals surface area contributed by atoms with Gasteiger partial charge >= 0.3 is 5.97 Å². The van der Waals surface area contributed by atoms with Crippen molar-refractivity contribution in [2.45, 2.75) is 0 Å². The van der Waals surface area contributed by atoms with E-state index in [1.807, 2.05) is 0 Å². The van der Waals surface area contributed by atoms with Crippen LogP contribution in [-0.4, -0.2) is 16.1 Å². The first-order valence-electron chi connectivity index (χ1n) is 3.34. The van der Waals surface area contributed by atoms with Crippen LogP contribution in [-0.2, 0) is 0 Å². The number of aromatic nitrogens is 1. The van der Waals surface area contributed by atoms with Crippen molar-refractivity contribution in [1.82, 2.24) is 4.98 Å². The minimum absolute atomic E-state index is 0.208. The highest BCUT2D eigenvalue weighted by atomic mass is 16.4. The number of carboxylic acid groups (broad SMARTS) is 1. The molecule has 0 aliphatic heterocycles. The van der Waals surface area contributed by atoms with Crippen molar-refractivity contribution < 1.29 is 14.3 Å². The first kappa shape index (κ1) is 6.84. The lowest BCUT2D eigenvalue weighted by Gasteiger charge is -1.91. The zero-order valence-electron chi connectivity index (χ0n) is 6.02. The molecule has 0 unspecified atom stereocenters. The minimum atomic E-state index is -0.965. The molecule has 12 heavy (non-hydrogen) atoms. The van der Waals surface area contributed by atoms with Crippen LogP contribution < -0.4 is 0 Å². The van der Waals surface area contributed by atoms with E-state index in [9.17, 15) is 4.79 Å². The van der Waals surface area contributed by atoms with Gasteiger partial charge in [0.25, 0.3) is 0 Å². The molecular formula is C8H5NO3. The number of rotatable bonds is 1. The van der Waals surface area contributed by atoms with Crippen molar-refractivity contribution in [2.75, 3.05) is 0 Å². The fourth-order valence-corrected chi connectivity index (χ4v) is 0.988. The molecule has 0 bridgehead atoms. The largest absolute Gasteiger partial charge is 0.478 e. The molecule has 1 N–H and O–H groups in total. The fraction of sp³-hybridized carbons (Fsp3) is 0. The van der Waals surface area contributed by atoms with Gasteiger partial charge in [0.15, 0.2) is 12.0 Å². The zero-order chi connectivity index (χ0) is 8.55. The molecule has 4 nitrogen and oxygen atoms in total. The maximum absolute atomic E-state index is 10.5. The normalized spacial score (nSPS) is 10.3. The van der Waals surface area contributed by atoms with Gasteiger partial charge in [-0.1, -0.05) is 0 Å². The summed E-state index contributed by atoms with van der Waals surface area (Å²) < 4.78 is 4.93. The smallest absolute Gasteiger partial charge is 0.335 e. The van der Waals surface area contributed by atoms with E-state index in [0.717, 1.165) is 0 Å². The Balaban J connectivity index is 2.68. The Morgan fingerprint density at radius 3 is 3.08 bits per heavy atom. The number of hydrogen-bond acceptors (Lipinski definition) is 3. The van der Waals surface area contributed by atoms with Crippen molar-refractivity contribution >= 4 is 17.1 Å². The molecule has 0 aliphatic rings. The maximum Gasteiger partial charge on any atom is 0.335 e. The molecule has 0 spiro atoms. The molecule has 0 aliphatic carbocycles. The molecule has 0 saturated carbocycles. The second-order valence-electron chi connectivity index (χ2n) is 2.34. The predicted molar refractivity (Wildman–Crippen MR) is 41.0 cm³/mol. The second kappa shape index (κ2) is 2.34. The summed E-state index contributed by atoms with van der Waals surface area (Å²) in [6.07, 6.45) is 1.29. The van der Waals surface area contributed by atoms with Crippen LogP contribution in [0.2, 0.25) is 0 Å². The average molecular weight is 163 g/mol. The summed E-state index contributed by atoms with van der Waals surface area (Å²) in [7, 11) is 0. The molecular weight excluding hydrogens is 158 g/mol. The van der Waals surface area contributed by atoms with Gasteiger partial charge in [0, 0.05) is 0 Å². The Morgan fingerprint density at radius 2 is 2.33 bits per heavy atom. The summed E-state index contributed by atoms with van der Waals surface area (Å²) in [6, 6.07) is 4.56. The lowest BCUT2D eigenvalue weighted by Crippen LogP contribution is -1.94. The Labute approximate surface area is 67.4 Å². The standard InChI is InChI=1S/C8H5NO3/c10-8(11)5-1-2-6-7(3-5)12-4-9-6/h1-4H,(H,10,11). The van der Waals surface area contributed by atoms with Crippen molar-refractivity contribution in [3.8, 4) is 0 Å². The zero-order valence-corrected chi connectivity index (χ0v) is 6.02. The number of nitrogens with zero attached hydrogens (tertiary/aromatic N) is 1. The van der Waals surface area contributed by atoms with Gasteiger partial charge in [-0.05, 0) is 18.2 Å². The summed E-state index contributed by atoms with van der Waals surface area (Å²) >= 11 is 0. The quantitative estimate of drug-likeness (QED) is 0.692. The number of benzene rings is 1. The van der Waals surface area contributed by atoms with Crippen LogP contribution >= 0.6 is 0 Å². The molecule has 0 atom stereocenters. The lowest BCUT2D eigenvalue weighted by molar-refractivity contribution is 0.0697. The number of carbonyl (C=O) groups is 1. The molecule has 60 valence electrons. The van der Waals surface area contributed by atoms with E-state index in [1.165, 1.54) is 18.5 Å². The van der Waals surface area contributed by atoms with Crippen molar-refractivity contribution in [1.29, 1.82) is 0 Å². The Morgan fingerprint density at radius 1 is 1.50 bits per heavy atom. The molecule has 1 aromatic heterocycles. The first-order chi connectivity index (χ1) is 5.77. The molecule has 1 heterocycles. The van der Waals surface area contributed by atoms with E-state index in [4.69, 9.17) is 9.52 Å². The van der Waals surface area contributed by atoms with E-state index in [2.05, 4.69) is 4.98 Å². The molecule has 0 radical (unpaired) electrons. The molecule has 0 saturated heterocycles.